The van der Waals surface area contributed by atoms with E-state index in [2.05, 4.69) is 15.0 Å². The molecule has 2 saturated heterocycles. The van der Waals surface area contributed by atoms with Crippen molar-refractivity contribution in [1.29, 1.82) is 0 Å². The first kappa shape index (κ1) is 15.1. The average molecular weight is 320 g/mol. The van der Waals surface area contributed by atoms with E-state index in [-0.39, 0.29) is 12.0 Å². The number of aromatic nitrogens is 2. The molecule has 1 aliphatic carbocycles. The molecule has 1 saturated carbocycles. The first-order chi connectivity index (χ1) is 11.2. The Morgan fingerprint density at radius 3 is 2.61 bits per heavy atom. The van der Waals surface area contributed by atoms with Gasteiger partial charge in [-0.25, -0.2) is 0 Å². The molecule has 3 fully saturated rings. The van der Waals surface area contributed by atoms with E-state index in [1.54, 1.807) is 0 Å². The highest BCUT2D eigenvalue weighted by Crippen LogP contribution is 2.39. The number of amides is 1. The third kappa shape index (κ3) is 3.26. The number of likely N-dealkylation sites (N-methyl/N-ethyl adjacent to an activating group) is 1. The Balaban J connectivity index is 1.32. The molecule has 7 nitrogen and oxygen atoms in total. The SMILES string of the molecule is CN1CCOC(C(=O)N2CCC(c3noc(C4CC4)n3)CC2)C1. The fourth-order valence-corrected chi connectivity index (χ4v) is 3.40. The van der Waals surface area contributed by atoms with Crippen molar-refractivity contribution >= 4 is 5.91 Å². The van der Waals surface area contributed by atoms with E-state index < -0.39 is 0 Å². The fourth-order valence-electron chi connectivity index (χ4n) is 3.40. The lowest BCUT2D eigenvalue weighted by Gasteiger charge is -2.36. The minimum atomic E-state index is -0.308. The van der Waals surface area contributed by atoms with E-state index in [4.69, 9.17) is 9.26 Å². The van der Waals surface area contributed by atoms with E-state index >= 15 is 0 Å². The number of piperidine rings is 1. The minimum absolute atomic E-state index is 0.127. The average Bonchev–Trinajstić information content (AvgIpc) is 3.32. The summed E-state index contributed by atoms with van der Waals surface area (Å²) in [5.74, 6) is 2.56. The first-order valence-corrected chi connectivity index (χ1v) is 8.63. The number of rotatable bonds is 3. The molecule has 1 amide bonds. The van der Waals surface area contributed by atoms with Crippen molar-refractivity contribution in [3.05, 3.63) is 11.7 Å². The van der Waals surface area contributed by atoms with Gasteiger partial charge in [-0.3, -0.25) is 4.79 Å². The summed E-state index contributed by atoms with van der Waals surface area (Å²) >= 11 is 0. The van der Waals surface area contributed by atoms with Gasteiger partial charge in [0.05, 0.1) is 6.61 Å². The topological polar surface area (TPSA) is 71.7 Å². The van der Waals surface area contributed by atoms with Crippen LogP contribution in [0.3, 0.4) is 0 Å². The Morgan fingerprint density at radius 1 is 1.13 bits per heavy atom. The van der Waals surface area contributed by atoms with Crippen LogP contribution < -0.4 is 0 Å². The van der Waals surface area contributed by atoms with Gasteiger partial charge in [0.15, 0.2) is 5.82 Å². The minimum Gasteiger partial charge on any atom is -0.366 e. The molecule has 23 heavy (non-hydrogen) atoms. The molecule has 1 unspecified atom stereocenters. The maximum absolute atomic E-state index is 12.6. The molecule has 1 aromatic rings. The van der Waals surface area contributed by atoms with Crippen LogP contribution in [0.5, 0.6) is 0 Å². The summed E-state index contributed by atoms with van der Waals surface area (Å²) in [7, 11) is 2.03. The smallest absolute Gasteiger partial charge is 0.253 e. The van der Waals surface area contributed by atoms with Gasteiger partial charge in [-0.2, -0.15) is 4.98 Å². The van der Waals surface area contributed by atoms with Gasteiger partial charge in [0, 0.05) is 38.0 Å². The molecule has 3 heterocycles. The lowest BCUT2D eigenvalue weighted by Crippen LogP contribution is -2.51. The van der Waals surface area contributed by atoms with Gasteiger partial charge >= 0.3 is 0 Å². The molecule has 0 bridgehead atoms. The zero-order chi connectivity index (χ0) is 15.8. The maximum Gasteiger partial charge on any atom is 0.253 e. The maximum atomic E-state index is 12.6. The van der Waals surface area contributed by atoms with Crippen LogP contribution in [-0.2, 0) is 9.53 Å². The zero-order valence-electron chi connectivity index (χ0n) is 13.6. The van der Waals surface area contributed by atoms with Gasteiger partial charge in [0.1, 0.15) is 6.10 Å². The van der Waals surface area contributed by atoms with E-state index in [1.807, 2.05) is 11.9 Å². The van der Waals surface area contributed by atoms with Crippen molar-refractivity contribution in [3.63, 3.8) is 0 Å². The highest BCUT2D eigenvalue weighted by molar-refractivity contribution is 5.81. The summed E-state index contributed by atoms with van der Waals surface area (Å²) in [5, 5.41) is 4.15. The van der Waals surface area contributed by atoms with Crippen LogP contribution in [0.2, 0.25) is 0 Å². The largest absolute Gasteiger partial charge is 0.366 e. The Hall–Kier alpha value is -1.47. The second-order valence-corrected chi connectivity index (χ2v) is 6.99. The molecule has 2 aliphatic heterocycles. The van der Waals surface area contributed by atoms with Crippen molar-refractivity contribution in [2.75, 3.05) is 39.8 Å². The third-order valence-electron chi connectivity index (χ3n) is 5.10. The molecule has 3 aliphatic rings. The quantitative estimate of drug-likeness (QED) is 0.827. The molecular formula is C16H24N4O3. The Kier molecular flexibility index (Phi) is 4.07. The van der Waals surface area contributed by atoms with Crippen LogP contribution in [0, 0.1) is 0 Å². The number of morpholine rings is 1. The van der Waals surface area contributed by atoms with E-state index in [9.17, 15) is 4.79 Å². The number of hydrogen-bond acceptors (Lipinski definition) is 6. The third-order valence-corrected chi connectivity index (χ3v) is 5.10. The fraction of sp³-hybridized carbons (Fsp3) is 0.812. The molecule has 0 radical (unpaired) electrons. The highest BCUT2D eigenvalue weighted by Gasteiger charge is 2.34. The lowest BCUT2D eigenvalue weighted by molar-refractivity contribution is -0.149. The number of nitrogens with zero attached hydrogens (tertiary/aromatic N) is 4. The molecule has 0 N–H and O–H groups in total. The van der Waals surface area contributed by atoms with Crippen molar-refractivity contribution in [2.45, 2.75) is 43.6 Å². The van der Waals surface area contributed by atoms with Crippen LogP contribution in [0.25, 0.3) is 0 Å². The van der Waals surface area contributed by atoms with E-state index in [0.29, 0.717) is 25.0 Å². The molecule has 0 spiro atoms. The van der Waals surface area contributed by atoms with E-state index in [1.165, 1.54) is 12.8 Å². The summed E-state index contributed by atoms with van der Waals surface area (Å²) in [4.78, 5) is 21.2. The van der Waals surface area contributed by atoms with Crippen LogP contribution in [0.4, 0.5) is 0 Å². The molecule has 0 aromatic carbocycles. The van der Waals surface area contributed by atoms with E-state index in [0.717, 1.165) is 44.2 Å². The number of ether oxygens (including phenoxy) is 1. The molecule has 4 rings (SSSR count). The van der Waals surface area contributed by atoms with Crippen LogP contribution in [0.1, 0.15) is 49.2 Å². The van der Waals surface area contributed by atoms with Crippen molar-refractivity contribution in [3.8, 4) is 0 Å². The van der Waals surface area contributed by atoms with Crippen molar-refractivity contribution < 1.29 is 14.1 Å². The summed E-state index contributed by atoms with van der Waals surface area (Å²) in [5.41, 5.74) is 0. The predicted molar refractivity (Wildman–Crippen MR) is 82.1 cm³/mol. The van der Waals surface area contributed by atoms with Gasteiger partial charge in [0.2, 0.25) is 5.89 Å². The lowest BCUT2D eigenvalue weighted by atomic mass is 9.95. The first-order valence-electron chi connectivity index (χ1n) is 8.63. The Labute approximate surface area is 136 Å². The zero-order valence-corrected chi connectivity index (χ0v) is 13.6. The molecule has 1 aromatic heterocycles. The van der Waals surface area contributed by atoms with Gasteiger partial charge in [-0.05, 0) is 32.7 Å². The standard InChI is InChI=1S/C16H24N4O3/c1-19-8-9-22-13(10-19)16(21)20-6-4-11(5-7-20)14-17-15(23-18-14)12-2-3-12/h11-13H,2-10H2,1H3. The molecule has 7 heteroatoms. The second kappa shape index (κ2) is 6.20. The normalized spacial score (nSPS) is 27.3. The van der Waals surface area contributed by atoms with Crippen LogP contribution >= 0.6 is 0 Å². The number of carbonyl (C=O) groups is 1. The number of hydrogen-bond donors (Lipinski definition) is 0. The number of likely N-dealkylation sites (tertiary alicyclic amines) is 1. The molecule has 126 valence electrons. The number of carbonyl (C=O) groups excluding carboxylic acids is 1. The predicted octanol–water partition coefficient (Wildman–Crippen LogP) is 0.984. The Bertz CT molecular complexity index is 563. The van der Waals surface area contributed by atoms with Gasteiger partial charge in [-0.1, -0.05) is 5.16 Å². The monoisotopic (exact) mass is 320 g/mol. The molecular weight excluding hydrogens is 296 g/mol. The van der Waals surface area contributed by atoms with Gasteiger partial charge < -0.3 is 19.1 Å². The van der Waals surface area contributed by atoms with Crippen molar-refractivity contribution in [1.82, 2.24) is 19.9 Å². The molecule has 1 atom stereocenters. The van der Waals surface area contributed by atoms with Gasteiger partial charge in [-0.15, -0.1) is 0 Å². The van der Waals surface area contributed by atoms with Gasteiger partial charge in [0.25, 0.3) is 5.91 Å². The van der Waals surface area contributed by atoms with Crippen molar-refractivity contribution in [2.24, 2.45) is 0 Å². The highest BCUT2D eigenvalue weighted by atomic mass is 16.5. The summed E-state index contributed by atoms with van der Waals surface area (Å²) in [6.07, 6.45) is 3.84. The second-order valence-electron chi connectivity index (χ2n) is 6.99. The summed E-state index contributed by atoms with van der Waals surface area (Å²) in [6.45, 7) is 3.72. The summed E-state index contributed by atoms with van der Waals surface area (Å²) in [6, 6.07) is 0. The van der Waals surface area contributed by atoms with Crippen LogP contribution in [-0.4, -0.2) is 71.8 Å². The summed E-state index contributed by atoms with van der Waals surface area (Å²) < 4.78 is 11.0. The van der Waals surface area contributed by atoms with Crippen LogP contribution in [0.15, 0.2) is 4.52 Å². The Morgan fingerprint density at radius 2 is 1.91 bits per heavy atom.